The SMILES string of the molecule is CCOc1cc(C=Nn2c(-c3ccco3)nc3ccccc3c2=O)ccc1OC(=O)c1ccccc1. The molecule has 0 N–H and O–H groups in total. The first-order valence-electron chi connectivity index (χ1n) is 11.3. The van der Waals surface area contributed by atoms with Crippen molar-refractivity contribution in [3.8, 4) is 23.1 Å². The Morgan fingerprint density at radius 3 is 2.58 bits per heavy atom. The first-order valence-corrected chi connectivity index (χ1v) is 11.3. The average molecular weight is 479 g/mol. The van der Waals surface area contributed by atoms with E-state index in [4.69, 9.17) is 13.9 Å². The molecule has 0 bridgehead atoms. The summed E-state index contributed by atoms with van der Waals surface area (Å²) in [6, 6.07) is 24.2. The van der Waals surface area contributed by atoms with Crippen LogP contribution in [0.15, 0.2) is 106 Å². The maximum atomic E-state index is 13.2. The van der Waals surface area contributed by atoms with E-state index in [1.165, 1.54) is 17.2 Å². The molecule has 2 aromatic heterocycles. The highest BCUT2D eigenvalue weighted by Crippen LogP contribution is 2.29. The summed E-state index contributed by atoms with van der Waals surface area (Å²) in [5, 5.41) is 4.85. The summed E-state index contributed by atoms with van der Waals surface area (Å²) in [6.07, 6.45) is 3.02. The van der Waals surface area contributed by atoms with Crippen molar-refractivity contribution in [2.45, 2.75) is 6.92 Å². The molecular weight excluding hydrogens is 458 g/mol. The smallest absolute Gasteiger partial charge is 0.343 e. The van der Waals surface area contributed by atoms with Crippen LogP contribution in [0.5, 0.6) is 11.5 Å². The third kappa shape index (κ3) is 4.65. The van der Waals surface area contributed by atoms with Crippen molar-refractivity contribution in [2.75, 3.05) is 6.61 Å². The second kappa shape index (κ2) is 10.1. The van der Waals surface area contributed by atoms with E-state index in [1.54, 1.807) is 72.8 Å². The lowest BCUT2D eigenvalue weighted by Crippen LogP contribution is -2.20. The number of nitrogens with zero attached hydrogens (tertiary/aromatic N) is 3. The molecule has 0 unspecified atom stereocenters. The van der Waals surface area contributed by atoms with Crippen LogP contribution in [-0.2, 0) is 0 Å². The minimum atomic E-state index is -0.491. The maximum absolute atomic E-state index is 13.2. The van der Waals surface area contributed by atoms with E-state index < -0.39 is 5.97 Å². The van der Waals surface area contributed by atoms with Crippen molar-refractivity contribution >= 4 is 23.1 Å². The van der Waals surface area contributed by atoms with Crippen LogP contribution in [-0.4, -0.2) is 28.5 Å². The van der Waals surface area contributed by atoms with Crippen LogP contribution in [0.2, 0.25) is 0 Å². The van der Waals surface area contributed by atoms with Gasteiger partial charge in [0, 0.05) is 0 Å². The highest BCUT2D eigenvalue weighted by atomic mass is 16.6. The van der Waals surface area contributed by atoms with Gasteiger partial charge in [-0.15, -0.1) is 0 Å². The molecule has 0 amide bonds. The van der Waals surface area contributed by atoms with Crippen molar-refractivity contribution in [1.29, 1.82) is 0 Å². The monoisotopic (exact) mass is 479 g/mol. The molecule has 0 spiro atoms. The Hall–Kier alpha value is -4.98. The van der Waals surface area contributed by atoms with Crippen molar-refractivity contribution < 1.29 is 18.7 Å². The van der Waals surface area contributed by atoms with Crippen LogP contribution in [0, 0.1) is 0 Å². The second-order valence-electron chi connectivity index (χ2n) is 7.69. The normalized spacial score (nSPS) is 11.1. The minimum Gasteiger partial charge on any atom is -0.490 e. The minimum absolute atomic E-state index is 0.276. The van der Waals surface area contributed by atoms with E-state index in [9.17, 15) is 9.59 Å². The van der Waals surface area contributed by atoms with Gasteiger partial charge in [-0.25, -0.2) is 9.78 Å². The van der Waals surface area contributed by atoms with Gasteiger partial charge in [0.2, 0.25) is 5.82 Å². The lowest BCUT2D eigenvalue weighted by Gasteiger charge is -2.11. The van der Waals surface area contributed by atoms with Crippen LogP contribution in [0.3, 0.4) is 0 Å². The lowest BCUT2D eigenvalue weighted by atomic mass is 10.2. The van der Waals surface area contributed by atoms with Gasteiger partial charge in [0.25, 0.3) is 5.56 Å². The van der Waals surface area contributed by atoms with Gasteiger partial charge in [-0.3, -0.25) is 4.79 Å². The molecular formula is C28H21N3O5. The molecule has 0 aliphatic heterocycles. The van der Waals surface area contributed by atoms with Crippen molar-refractivity contribution in [3.05, 3.63) is 113 Å². The highest BCUT2D eigenvalue weighted by Gasteiger charge is 2.15. The zero-order chi connectivity index (χ0) is 24.9. The third-order valence-corrected chi connectivity index (χ3v) is 5.30. The van der Waals surface area contributed by atoms with Crippen LogP contribution in [0.1, 0.15) is 22.8 Å². The Bertz CT molecular complexity index is 1610. The molecule has 0 aliphatic rings. The fourth-order valence-electron chi connectivity index (χ4n) is 3.61. The number of ether oxygens (including phenoxy) is 2. The Balaban J connectivity index is 1.51. The standard InChI is InChI=1S/C28H21N3O5/c1-2-34-25-17-19(14-15-23(25)36-28(33)20-9-4-3-5-10-20)18-29-31-26(24-13-8-16-35-24)30-22-12-7-6-11-21(22)27(31)32/h3-18H,2H2,1H3. The summed E-state index contributed by atoms with van der Waals surface area (Å²) in [6.45, 7) is 2.20. The Morgan fingerprint density at radius 1 is 1.00 bits per heavy atom. The van der Waals surface area contributed by atoms with Crippen LogP contribution in [0.25, 0.3) is 22.5 Å². The van der Waals surface area contributed by atoms with E-state index in [0.717, 1.165) is 0 Å². The number of aromatic nitrogens is 2. The summed E-state index contributed by atoms with van der Waals surface area (Å²) in [5.41, 5.74) is 1.27. The zero-order valence-electron chi connectivity index (χ0n) is 19.3. The van der Waals surface area contributed by atoms with E-state index in [1.807, 2.05) is 19.1 Å². The molecule has 0 atom stereocenters. The van der Waals surface area contributed by atoms with Crippen LogP contribution in [0.4, 0.5) is 0 Å². The summed E-state index contributed by atoms with van der Waals surface area (Å²) < 4.78 is 17.9. The lowest BCUT2D eigenvalue weighted by molar-refractivity contribution is 0.0728. The van der Waals surface area contributed by atoms with E-state index in [-0.39, 0.29) is 17.1 Å². The number of fused-ring (bicyclic) bond motifs is 1. The number of furan rings is 1. The molecule has 36 heavy (non-hydrogen) atoms. The van der Waals surface area contributed by atoms with Gasteiger partial charge < -0.3 is 13.9 Å². The number of para-hydroxylation sites is 1. The zero-order valence-corrected chi connectivity index (χ0v) is 19.3. The predicted molar refractivity (Wildman–Crippen MR) is 136 cm³/mol. The van der Waals surface area contributed by atoms with Crippen LogP contribution < -0.4 is 15.0 Å². The fraction of sp³-hybridized carbons (Fsp3) is 0.0714. The number of hydrogen-bond acceptors (Lipinski definition) is 7. The topological polar surface area (TPSA) is 95.9 Å². The molecule has 8 nitrogen and oxygen atoms in total. The van der Waals surface area contributed by atoms with Gasteiger partial charge >= 0.3 is 5.97 Å². The fourth-order valence-corrected chi connectivity index (χ4v) is 3.61. The molecule has 0 fully saturated rings. The third-order valence-electron chi connectivity index (χ3n) is 5.30. The van der Waals surface area contributed by atoms with Gasteiger partial charge in [-0.2, -0.15) is 9.78 Å². The Kier molecular flexibility index (Phi) is 6.40. The van der Waals surface area contributed by atoms with Crippen molar-refractivity contribution in [2.24, 2.45) is 5.10 Å². The number of carbonyl (C=O) groups excluding carboxylic acids is 1. The second-order valence-corrected chi connectivity index (χ2v) is 7.69. The summed E-state index contributed by atoms with van der Waals surface area (Å²) in [4.78, 5) is 30.3. The number of benzene rings is 3. The molecule has 8 heteroatoms. The largest absolute Gasteiger partial charge is 0.490 e. The molecule has 178 valence electrons. The summed E-state index contributed by atoms with van der Waals surface area (Å²) >= 11 is 0. The molecule has 0 aliphatic carbocycles. The molecule has 3 aromatic carbocycles. The van der Waals surface area contributed by atoms with E-state index >= 15 is 0 Å². The molecule has 2 heterocycles. The van der Waals surface area contributed by atoms with Gasteiger partial charge in [0.15, 0.2) is 17.3 Å². The number of hydrogen-bond donors (Lipinski definition) is 0. The predicted octanol–water partition coefficient (Wildman–Crippen LogP) is 5.16. The summed E-state index contributed by atoms with van der Waals surface area (Å²) in [5.74, 6) is 0.853. The highest BCUT2D eigenvalue weighted by molar-refractivity contribution is 5.91. The first-order chi connectivity index (χ1) is 17.6. The van der Waals surface area contributed by atoms with Gasteiger partial charge in [-0.05, 0) is 67.1 Å². The molecule has 0 radical (unpaired) electrons. The molecule has 0 saturated carbocycles. The maximum Gasteiger partial charge on any atom is 0.343 e. The van der Waals surface area contributed by atoms with E-state index in [2.05, 4.69) is 10.1 Å². The van der Waals surface area contributed by atoms with Crippen molar-refractivity contribution in [3.63, 3.8) is 0 Å². The number of esters is 1. The Labute approximate surface area is 206 Å². The van der Waals surface area contributed by atoms with Crippen LogP contribution >= 0.6 is 0 Å². The van der Waals surface area contributed by atoms with Gasteiger partial charge in [0.1, 0.15) is 0 Å². The Morgan fingerprint density at radius 2 is 1.81 bits per heavy atom. The molecule has 5 rings (SSSR count). The number of rotatable bonds is 7. The molecule has 5 aromatic rings. The van der Waals surface area contributed by atoms with E-state index in [0.29, 0.717) is 40.1 Å². The molecule has 0 saturated heterocycles. The number of carbonyl (C=O) groups is 1. The summed E-state index contributed by atoms with van der Waals surface area (Å²) in [7, 11) is 0. The van der Waals surface area contributed by atoms with Gasteiger partial charge in [0.05, 0.1) is 35.6 Å². The quantitative estimate of drug-likeness (QED) is 0.182. The van der Waals surface area contributed by atoms with Gasteiger partial charge in [-0.1, -0.05) is 30.3 Å². The average Bonchev–Trinajstić information content (AvgIpc) is 3.45. The first kappa shape index (κ1) is 22.8. The van der Waals surface area contributed by atoms with Crippen molar-refractivity contribution in [1.82, 2.24) is 9.66 Å².